The van der Waals surface area contributed by atoms with Crippen molar-refractivity contribution in [3.8, 4) is 18.1 Å². The van der Waals surface area contributed by atoms with Crippen LogP contribution in [0.1, 0.15) is 43.7 Å². The zero-order chi connectivity index (χ0) is 11.8. The summed E-state index contributed by atoms with van der Waals surface area (Å²) in [6.07, 6.45) is 11.5. The van der Waals surface area contributed by atoms with Gasteiger partial charge in [0.2, 0.25) is 0 Å². The molecule has 0 aliphatic carbocycles. The summed E-state index contributed by atoms with van der Waals surface area (Å²) in [7, 11) is 1.70. The molecule has 0 heterocycles. The third kappa shape index (κ3) is 3.62. The summed E-state index contributed by atoms with van der Waals surface area (Å²) >= 11 is 0. The lowest BCUT2D eigenvalue weighted by atomic mass is 10.0. The third-order valence-electron chi connectivity index (χ3n) is 2.75. The molecular formula is C15H20O. The van der Waals surface area contributed by atoms with E-state index in [0.29, 0.717) is 0 Å². The van der Waals surface area contributed by atoms with Gasteiger partial charge in [-0.3, -0.25) is 0 Å². The first-order chi connectivity index (χ1) is 7.81. The van der Waals surface area contributed by atoms with E-state index in [-0.39, 0.29) is 0 Å². The number of hydrogen-bond acceptors (Lipinski definition) is 1. The minimum atomic E-state index is 0.883. The van der Waals surface area contributed by atoms with Crippen LogP contribution < -0.4 is 4.74 Å². The second-order valence-electron chi connectivity index (χ2n) is 3.98. The van der Waals surface area contributed by atoms with Gasteiger partial charge in [-0.15, -0.1) is 6.42 Å². The van der Waals surface area contributed by atoms with Crippen LogP contribution in [0.15, 0.2) is 18.2 Å². The molecule has 0 fully saturated rings. The van der Waals surface area contributed by atoms with Gasteiger partial charge in [0.25, 0.3) is 0 Å². The summed E-state index contributed by atoms with van der Waals surface area (Å²) in [5, 5.41) is 0. The van der Waals surface area contributed by atoms with Crippen molar-refractivity contribution in [3.05, 3.63) is 29.3 Å². The fourth-order valence-electron chi connectivity index (χ4n) is 1.78. The van der Waals surface area contributed by atoms with Gasteiger partial charge in [-0.25, -0.2) is 0 Å². The maximum absolute atomic E-state index is 5.36. The van der Waals surface area contributed by atoms with Crippen LogP contribution in [0.25, 0.3) is 0 Å². The minimum absolute atomic E-state index is 0.883. The first kappa shape index (κ1) is 12.6. The van der Waals surface area contributed by atoms with E-state index in [1.54, 1.807) is 7.11 Å². The van der Waals surface area contributed by atoms with Crippen LogP contribution in [-0.2, 0) is 6.42 Å². The summed E-state index contributed by atoms with van der Waals surface area (Å²) in [5.74, 6) is 3.55. The molecule has 1 heteroatoms. The Kier molecular flexibility index (Phi) is 5.50. The topological polar surface area (TPSA) is 9.23 Å². The van der Waals surface area contributed by atoms with Crippen LogP contribution in [0.2, 0.25) is 0 Å². The van der Waals surface area contributed by atoms with Crippen molar-refractivity contribution in [1.29, 1.82) is 0 Å². The maximum atomic E-state index is 5.36. The average molecular weight is 216 g/mol. The lowest BCUT2D eigenvalue weighted by molar-refractivity contribution is 0.408. The molecule has 0 unspecified atom stereocenters. The van der Waals surface area contributed by atoms with Gasteiger partial charge >= 0.3 is 0 Å². The van der Waals surface area contributed by atoms with E-state index in [0.717, 1.165) is 17.7 Å². The Labute approximate surface area is 98.8 Å². The van der Waals surface area contributed by atoms with Crippen molar-refractivity contribution in [2.24, 2.45) is 0 Å². The van der Waals surface area contributed by atoms with E-state index in [9.17, 15) is 0 Å². The van der Waals surface area contributed by atoms with Crippen molar-refractivity contribution in [3.63, 3.8) is 0 Å². The highest BCUT2D eigenvalue weighted by Gasteiger charge is 2.03. The Morgan fingerprint density at radius 1 is 1.25 bits per heavy atom. The Balaban J connectivity index is 2.62. The zero-order valence-corrected chi connectivity index (χ0v) is 10.3. The smallest absolute Gasteiger partial charge is 0.123 e. The molecule has 1 aromatic carbocycles. The van der Waals surface area contributed by atoms with Crippen LogP contribution >= 0.6 is 0 Å². The Morgan fingerprint density at radius 3 is 2.69 bits per heavy atom. The van der Waals surface area contributed by atoms with E-state index in [2.05, 4.69) is 18.9 Å². The molecule has 86 valence electrons. The van der Waals surface area contributed by atoms with Gasteiger partial charge in [0.15, 0.2) is 0 Å². The molecule has 1 nitrogen and oxygen atoms in total. The second-order valence-corrected chi connectivity index (χ2v) is 3.98. The van der Waals surface area contributed by atoms with E-state index < -0.39 is 0 Å². The average Bonchev–Trinajstić information content (AvgIpc) is 2.34. The van der Waals surface area contributed by atoms with Crippen LogP contribution in [0.5, 0.6) is 5.75 Å². The predicted octanol–water partition coefficient (Wildman–Crippen LogP) is 3.80. The Bertz CT molecular complexity index is 360. The molecule has 0 radical (unpaired) electrons. The van der Waals surface area contributed by atoms with Crippen LogP contribution in [0.3, 0.4) is 0 Å². The van der Waals surface area contributed by atoms with Gasteiger partial charge in [0.05, 0.1) is 7.11 Å². The third-order valence-corrected chi connectivity index (χ3v) is 2.75. The second kappa shape index (κ2) is 6.95. The number of hydrogen-bond donors (Lipinski definition) is 0. The lowest BCUT2D eigenvalue weighted by Gasteiger charge is -2.08. The molecule has 0 atom stereocenters. The van der Waals surface area contributed by atoms with Crippen molar-refractivity contribution in [2.45, 2.75) is 39.0 Å². The van der Waals surface area contributed by atoms with E-state index in [1.807, 2.05) is 12.1 Å². The first-order valence-electron chi connectivity index (χ1n) is 5.95. The fourth-order valence-corrected chi connectivity index (χ4v) is 1.78. The van der Waals surface area contributed by atoms with E-state index in [1.165, 1.54) is 31.2 Å². The van der Waals surface area contributed by atoms with Gasteiger partial charge in [-0.1, -0.05) is 38.2 Å². The van der Waals surface area contributed by atoms with Crippen LogP contribution in [-0.4, -0.2) is 7.11 Å². The highest BCUT2D eigenvalue weighted by atomic mass is 16.5. The molecule has 0 N–H and O–H groups in total. The highest BCUT2D eigenvalue weighted by Crippen LogP contribution is 2.22. The van der Waals surface area contributed by atoms with E-state index >= 15 is 0 Å². The largest absolute Gasteiger partial charge is 0.496 e. The molecule has 1 aromatic rings. The summed E-state index contributed by atoms with van der Waals surface area (Å²) in [5.41, 5.74) is 2.15. The SMILES string of the molecule is C#Cc1ccc(CCCCCC)c(OC)c1. The molecule has 0 saturated carbocycles. The van der Waals surface area contributed by atoms with Crippen molar-refractivity contribution in [2.75, 3.05) is 7.11 Å². The molecule has 1 rings (SSSR count). The standard InChI is InChI=1S/C15H20O/c1-4-6-7-8-9-14-11-10-13(5-2)12-15(14)16-3/h2,10-12H,4,6-9H2,1,3H3. The fraction of sp³-hybridized carbons (Fsp3) is 0.467. The van der Waals surface area contributed by atoms with Gasteiger partial charge < -0.3 is 4.74 Å². The maximum Gasteiger partial charge on any atom is 0.123 e. The molecule has 16 heavy (non-hydrogen) atoms. The van der Waals surface area contributed by atoms with Crippen LogP contribution in [0.4, 0.5) is 0 Å². The van der Waals surface area contributed by atoms with Gasteiger partial charge in [-0.05, 0) is 30.5 Å². The van der Waals surface area contributed by atoms with Crippen molar-refractivity contribution < 1.29 is 4.74 Å². The summed E-state index contributed by atoms with van der Waals surface area (Å²) in [4.78, 5) is 0. The lowest BCUT2D eigenvalue weighted by Crippen LogP contribution is -1.93. The predicted molar refractivity (Wildman–Crippen MR) is 68.8 cm³/mol. The van der Waals surface area contributed by atoms with Gasteiger partial charge in [0.1, 0.15) is 5.75 Å². The molecule has 0 bridgehead atoms. The number of aryl methyl sites for hydroxylation is 1. The van der Waals surface area contributed by atoms with E-state index in [4.69, 9.17) is 11.2 Å². The van der Waals surface area contributed by atoms with Crippen molar-refractivity contribution in [1.82, 2.24) is 0 Å². The van der Waals surface area contributed by atoms with Gasteiger partial charge in [0, 0.05) is 5.56 Å². The molecule has 0 aromatic heterocycles. The summed E-state index contributed by atoms with van der Waals surface area (Å²) in [6, 6.07) is 6.01. The molecule has 0 saturated heterocycles. The number of rotatable bonds is 6. The minimum Gasteiger partial charge on any atom is -0.496 e. The zero-order valence-electron chi connectivity index (χ0n) is 10.3. The monoisotopic (exact) mass is 216 g/mol. The normalized spacial score (nSPS) is 9.81. The number of terminal acetylenes is 1. The van der Waals surface area contributed by atoms with Gasteiger partial charge in [-0.2, -0.15) is 0 Å². The number of benzene rings is 1. The highest BCUT2D eigenvalue weighted by molar-refractivity contribution is 5.43. The Morgan fingerprint density at radius 2 is 2.06 bits per heavy atom. The molecular weight excluding hydrogens is 196 g/mol. The molecule has 0 amide bonds. The first-order valence-corrected chi connectivity index (χ1v) is 5.95. The number of methoxy groups -OCH3 is 1. The summed E-state index contributed by atoms with van der Waals surface area (Å²) in [6.45, 7) is 2.22. The number of ether oxygens (including phenoxy) is 1. The quantitative estimate of drug-likeness (QED) is 0.519. The van der Waals surface area contributed by atoms with Crippen molar-refractivity contribution >= 4 is 0 Å². The Hall–Kier alpha value is -1.42. The molecule has 0 spiro atoms. The molecule has 0 aliphatic heterocycles. The van der Waals surface area contributed by atoms with Crippen LogP contribution in [0, 0.1) is 12.3 Å². The summed E-state index contributed by atoms with van der Waals surface area (Å²) < 4.78 is 5.35. The molecule has 0 aliphatic rings. The number of unbranched alkanes of at least 4 members (excludes halogenated alkanes) is 3.